The van der Waals surface area contributed by atoms with Gasteiger partial charge in [0, 0.05) is 32.2 Å². The molecular weight excluding hydrogens is 440 g/mol. The second kappa shape index (κ2) is 11.7. The van der Waals surface area contributed by atoms with Crippen LogP contribution in [0.2, 0.25) is 0 Å². The number of hydrogen-bond acceptors (Lipinski definition) is 3. The molecule has 5 rings (SSSR count). The fraction of sp³-hybridized carbons (Fsp3) is 0.273. The predicted octanol–water partition coefficient (Wildman–Crippen LogP) is 6.76. The van der Waals surface area contributed by atoms with E-state index in [1.165, 1.54) is 16.7 Å². The third-order valence-electron chi connectivity index (χ3n) is 7.41. The lowest BCUT2D eigenvalue weighted by Crippen LogP contribution is -2.44. The normalized spacial score (nSPS) is 18.9. The van der Waals surface area contributed by atoms with Crippen LogP contribution in [0.3, 0.4) is 0 Å². The van der Waals surface area contributed by atoms with Crippen LogP contribution in [0.1, 0.15) is 47.6 Å². The first-order chi connectivity index (χ1) is 17.7. The van der Waals surface area contributed by atoms with E-state index in [1.54, 1.807) is 0 Å². The molecule has 0 saturated carbocycles. The van der Waals surface area contributed by atoms with Crippen LogP contribution in [0.25, 0.3) is 0 Å². The Morgan fingerprint density at radius 2 is 1.19 bits per heavy atom. The minimum absolute atomic E-state index is 0.132. The van der Waals surface area contributed by atoms with Gasteiger partial charge in [0.25, 0.3) is 0 Å². The van der Waals surface area contributed by atoms with E-state index < -0.39 is 5.72 Å². The number of nitrogens with zero attached hydrogens (tertiary/aromatic N) is 2. The van der Waals surface area contributed by atoms with Crippen molar-refractivity contribution < 1.29 is 5.11 Å². The van der Waals surface area contributed by atoms with Gasteiger partial charge in [-0.1, -0.05) is 121 Å². The number of aliphatic hydroxyl groups is 1. The first-order valence-electron chi connectivity index (χ1n) is 13.1. The van der Waals surface area contributed by atoms with Crippen LogP contribution < -0.4 is 0 Å². The van der Waals surface area contributed by atoms with Crippen LogP contribution in [-0.4, -0.2) is 28.0 Å². The molecule has 0 bridgehead atoms. The topological polar surface area (TPSA) is 26.7 Å². The van der Waals surface area contributed by atoms with Crippen molar-refractivity contribution in [2.75, 3.05) is 13.1 Å². The molecule has 0 radical (unpaired) electrons. The van der Waals surface area contributed by atoms with Gasteiger partial charge >= 0.3 is 0 Å². The van der Waals surface area contributed by atoms with E-state index in [0.29, 0.717) is 0 Å². The predicted molar refractivity (Wildman–Crippen MR) is 147 cm³/mol. The minimum Gasteiger partial charge on any atom is -0.371 e. The van der Waals surface area contributed by atoms with E-state index in [1.807, 2.05) is 18.2 Å². The van der Waals surface area contributed by atoms with Crippen molar-refractivity contribution in [1.82, 2.24) is 9.80 Å². The molecule has 4 aromatic carbocycles. The van der Waals surface area contributed by atoms with E-state index in [2.05, 4.69) is 113 Å². The Balaban J connectivity index is 1.41. The highest BCUT2D eigenvalue weighted by atomic mass is 16.3. The SMILES string of the molecule is OC1(c2ccccc2)CCCN1C(CCN(Cc1ccccc1)Cc1ccccc1)c1ccccc1. The molecular formula is C33H36N2O. The molecule has 2 atom stereocenters. The van der Waals surface area contributed by atoms with Crippen molar-refractivity contribution in [3.8, 4) is 0 Å². The fourth-order valence-corrected chi connectivity index (χ4v) is 5.63. The zero-order valence-electron chi connectivity index (χ0n) is 20.9. The maximum Gasteiger partial charge on any atom is 0.145 e. The van der Waals surface area contributed by atoms with Crippen LogP contribution in [0.4, 0.5) is 0 Å². The summed E-state index contributed by atoms with van der Waals surface area (Å²) in [6.07, 6.45) is 2.70. The summed E-state index contributed by atoms with van der Waals surface area (Å²) in [6, 6.07) is 42.6. The van der Waals surface area contributed by atoms with Gasteiger partial charge in [0.05, 0.1) is 0 Å². The zero-order chi connectivity index (χ0) is 24.6. The van der Waals surface area contributed by atoms with E-state index in [-0.39, 0.29) is 6.04 Å². The smallest absolute Gasteiger partial charge is 0.145 e. The lowest BCUT2D eigenvalue weighted by atomic mass is 9.95. The molecule has 1 aliphatic heterocycles. The van der Waals surface area contributed by atoms with Crippen molar-refractivity contribution in [2.24, 2.45) is 0 Å². The van der Waals surface area contributed by atoms with Gasteiger partial charge in [-0.15, -0.1) is 0 Å². The van der Waals surface area contributed by atoms with E-state index in [9.17, 15) is 5.11 Å². The van der Waals surface area contributed by atoms with Gasteiger partial charge in [0.15, 0.2) is 0 Å². The Morgan fingerprint density at radius 3 is 1.75 bits per heavy atom. The average molecular weight is 477 g/mol. The molecule has 1 fully saturated rings. The molecule has 0 spiro atoms. The van der Waals surface area contributed by atoms with Crippen molar-refractivity contribution in [1.29, 1.82) is 0 Å². The molecule has 1 N–H and O–H groups in total. The molecule has 1 saturated heterocycles. The molecule has 0 aliphatic carbocycles. The summed E-state index contributed by atoms with van der Waals surface area (Å²) in [6.45, 7) is 3.63. The standard InChI is InChI=1S/C33H36N2O/c36-33(31-20-11-4-12-21-31)23-13-24-35(33)32(30-18-9-3-10-19-30)22-25-34(26-28-14-5-1-6-15-28)27-29-16-7-2-8-17-29/h1-12,14-21,32,36H,13,22-27H2. The van der Waals surface area contributed by atoms with Gasteiger partial charge in [-0.2, -0.15) is 0 Å². The first-order valence-corrected chi connectivity index (χ1v) is 13.1. The van der Waals surface area contributed by atoms with Crippen LogP contribution in [-0.2, 0) is 18.8 Å². The van der Waals surface area contributed by atoms with Gasteiger partial charge in [-0.25, -0.2) is 0 Å². The quantitative estimate of drug-likeness (QED) is 0.274. The number of benzene rings is 4. The molecule has 0 aromatic heterocycles. The second-order valence-electron chi connectivity index (χ2n) is 9.88. The maximum absolute atomic E-state index is 12.0. The molecule has 2 unspecified atom stereocenters. The summed E-state index contributed by atoms with van der Waals surface area (Å²) in [5.41, 5.74) is 3.98. The highest BCUT2D eigenvalue weighted by molar-refractivity contribution is 5.26. The number of rotatable bonds is 10. The summed E-state index contributed by atoms with van der Waals surface area (Å²) in [4.78, 5) is 4.89. The van der Waals surface area contributed by atoms with E-state index in [0.717, 1.165) is 51.0 Å². The van der Waals surface area contributed by atoms with E-state index >= 15 is 0 Å². The van der Waals surface area contributed by atoms with Crippen LogP contribution in [0, 0.1) is 0 Å². The summed E-state index contributed by atoms with van der Waals surface area (Å²) in [5.74, 6) is 0. The lowest BCUT2D eigenvalue weighted by Gasteiger charge is -2.41. The van der Waals surface area contributed by atoms with Gasteiger partial charge in [-0.3, -0.25) is 9.80 Å². The molecule has 184 valence electrons. The molecule has 4 aromatic rings. The molecule has 36 heavy (non-hydrogen) atoms. The van der Waals surface area contributed by atoms with Gasteiger partial charge in [-0.05, 0) is 41.5 Å². The van der Waals surface area contributed by atoms with Gasteiger partial charge in [0.1, 0.15) is 5.72 Å². The monoisotopic (exact) mass is 476 g/mol. The summed E-state index contributed by atoms with van der Waals surface area (Å²) in [7, 11) is 0. The van der Waals surface area contributed by atoms with Crippen molar-refractivity contribution in [3.05, 3.63) is 144 Å². The average Bonchev–Trinajstić information content (AvgIpc) is 3.33. The van der Waals surface area contributed by atoms with Crippen molar-refractivity contribution in [2.45, 2.75) is 44.1 Å². The Bertz CT molecular complexity index is 1140. The molecule has 3 heteroatoms. The molecule has 3 nitrogen and oxygen atoms in total. The lowest BCUT2D eigenvalue weighted by molar-refractivity contribution is -0.112. The largest absolute Gasteiger partial charge is 0.371 e. The molecule has 1 heterocycles. The van der Waals surface area contributed by atoms with E-state index in [4.69, 9.17) is 0 Å². The third kappa shape index (κ3) is 5.76. The fourth-order valence-electron chi connectivity index (χ4n) is 5.63. The highest BCUT2D eigenvalue weighted by Crippen LogP contribution is 2.43. The van der Waals surface area contributed by atoms with Gasteiger partial charge in [0.2, 0.25) is 0 Å². The summed E-state index contributed by atoms with van der Waals surface area (Å²) in [5, 5.41) is 12.0. The summed E-state index contributed by atoms with van der Waals surface area (Å²) < 4.78 is 0. The molecule has 0 amide bonds. The Kier molecular flexibility index (Phi) is 7.92. The van der Waals surface area contributed by atoms with Crippen LogP contribution >= 0.6 is 0 Å². The Morgan fingerprint density at radius 1 is 0.694 bits per heavy atom. The number of hydrogen-bond donors (Lipinski definition) is 1. The van der Waals surface area contributed by atoms with Crippen LogP contribution in [0.15, 0.2) is 121 Å². The van der Waals surface area contributed by atoms with Crippen LogP contribution in [0.5, 0.6) is 0 Å². The minimum atomic E-state index is -0.939. The highest BCUT2D eigenvalue weighted by Gasteiger charge is 2.44. The number of likely N-dealkylation sites (tertiary alicyclic amines) is 1. The summed E-state index contributed by atoms with van der Waals surface area (Å²) >= 11 is 0. The van der Waals surface area contributed by atoms with Crippen molar-refractivity contribution >= 4 is 0 Å². The Labute approximate surface area is 215 Å². The Hall–Kier alpha value is -3.24. The van der Waals surface area contributed by atoms with Crippen molar-refractivity contribution in [3.63, 3.8) is 0 Å². The van der Waals surface area contributed by atoms with Gasteiger partial charge < -0.3 is 5.11 Å². The maximum atomic E-state index is 12.0. The second-order valence-corrected chi connectivity index (χ2v) is 9.88. The third-order valence-corrected chi connectivity index (χ3v) is 7.41. The molecule has 1 aliphatic rings. The zero-order valence-corrected chi connectivity index (χ0v) is 20.9. The first kappa shape index (κ1) is 24.5.